The minimum atomic E-state index is -0.0108. The van der Waals surface area contributed by atoms with E-state index in [1.165, 1.54) is 0 Å². The highest BCUT2D eigenvalue weighted by atomic mass is 16.5. The van der Waals surface area contributed by atoms with Gasteiger partial charge in [0.15, 0.2) is 0 Å². The van der Waals surface area contributed by atoms with Crippen molar-refractivity contribution in [1.29, 1.82) is 0 Å². The van der Waals surface area contributed by atoms with Gasteiger partial charge in [0.05, 0.1) is 25.4 Å². The van der Waals surface area contributed by atoms with Crippen molar-refractivity contribution >= 4 is 5.91 Å². The minimum absolute atomic E-state index is 0.0108. The highest BCUT2D eigenvalue weighted by molar-refractivity contribution is 5.84. The first kappa shape index (κ1) is 18.4. The summed E-state index contributed by atoms with van der Waals surface area (Å²) in [6.45, 7) is 9.44. The number of carbonyl (C=O) groups excluding carboxylic acids is 1. The molecular formula is C16H33N3O2. The molecule has 0 saturated carbocycles. The van der Waals surface area contributed by atoms with Crippen LogP contribution < -0.4 is 5.32 Å². The molecule has 0 aromatic carbocycles. The molecule has 1 N–H and O–H groups in total. The number of amides is 1. The zero-order chi connectivity index (χ0) is 15.8. The molecule has 0 spiro atoms. The van der Waals surface area contributed by atoms with Crippen LogP contribution in [0.2, 0.25) is 0 Å². The van der Waals surface area contributed by atoms with E-state index >= 15 is 0 Å². The topological polar surface area (TPSA) is 44.8 Å². The van der Waals surface area contributed by atoms with Gasteiger partial charge in [-0.1, -0.05) is 27.2 Å². The lowest BCUT2D eigenvalue weighted by atomic mass is 10.0. The number of nitrogens with one attached hydrogen (secondary N) is 1. The van der Waals surface area contributed by atoms with Crippen LogP contribution in [-0.2, 0) is 9.53 Å². The van der Waals surface area contributed by atoms with Crippen LogP contribution >= 0.6 is 0 Å². The maximum atomic E-state index is 12.5. The average molecular weight is 299 g/mol. The first-order valence-corrected chi connectivity index (χ1v) is 8.24. The van der Waals surface area contributed by atoms with E-state index in [1.807, 2.05) is 19.0 Å². The van der Waals surface area contributed by atoms with Gasteiger partial charge >= 0.3 is 0 Å². The molecule has 0 bridgehead atoms. The van der Waals surface area contributed by atoms with Crippen LogP contribution in [0.4, 0.5) is 0 Å². The highest BCUT2D eigenvalue weighted by Gasteiger charge is 2.37. The predicted molar refractivity (Wildman–Crippen MR) is 86.2 cm³/mol. The molecule has 0 aromatic heterocycles. The SMILES string of the molecule is CCCC1NC(CC(C)C)C(=O)N1CCOCCN(C)C. The van der Waals surface area contributed by atoms with Gasteiger partial charge in [0.2, 0.25) is 5.91 Å². The van der Waals surface area contributed by atoms with Crippen LogP contribution in [0.3, 0.4) is 0 Å². The monoisotopic (exact) mass is 299 g/mol. The molecule has 5 nitrogen and oxygen atoms in total. The van der Waals surface area contributed by atoms with Crippen molar-refractivity contribution in [3.8, 4) is 0 Å². The third kappa shape index (κ3) is 6.32. The van der Waals surface area contributed by atoms with Gasteiger partial charge in [-0.25, -0.2) is 0 Å². The van der Waals surface area contributed by atoms with Crippen molar-refractivity contribution in [3.63, 3.8) is 0 Å². The van der Waals surface area contributed by atoms with E-state index < -0.39 is 0 Å². The smallest absolute Gasteiger partial charge is 0.241 e. The second-order valence-electron chi connectivity index (χ2n) is 6.60. The van der Waals surface area contributed by atoms with Crippen LogP contribution in [0.25, 0.3) is 0 Å². The largest absolute Gasteiger partial charge is 0.378 e. The summed E-state index contributed by atoms with van der Waals surface area (Å²) in [7, 11) is 4.07. The van der Waals surface area contributed by atoms with Gasteiger partial charge < -0.3 is 14.5 Å². The lowest BCUT2D eigenvalue weighted by Gasteiger charge is -2.24. The van der Waals surface area contributed by atoms with Gasteiger partial charge in [-0.2, -0.15) is 0 Å². The molecule has 1 saturated heterocycles. The fraction of sp³-hybridized carbons (Fsp3) is 0.938. The fourth-order valence-corrected chi connectivity index (χ4v) is 2.68. The van der Waals surface area contributed by atoms with Gasteiger partial charge in [0, 0.05) is 13.1 Å². The summed E-state index contributed by atoms with van der Waals surface area (Å²) in [6, 6.07) is -0.0108. The summed E-state index contributed by atoms with van der Waals surface area (Å²) in [5.74, 6) is 0.781. The lowest BCUT2D eigenvalue weighted by Crippen LogP contribution is -2.39. The van der Waals surface area contributed by atoms with Crippen LogP contribution in [0.5, 0.6) is 0 Å². The minimum Gasteiger partial charge on any atom is -0.378 e. The van der Waals surface area contributed by atoms with Gasteiger partial charge in [0.1, 0.15) is 0 Å². The molecule has 1 fully saturated rings. The Morgan fingerprint density at radius 1 is 1.33 bits per heavy atom. The lowest BCUT2D eigenvalue weighted by molar-refractivity contribution is -0.131. The molecule has 21 heavy (non-hydrogen) atoms. The van der Waals surface area contributed by atoms with Crippen molar-refractivity contribution in [2.75, 3.05) is 40.4 Å². The van der Waals surface area contributed by atoms with Crippen LogP contribution in [0, 0.1) is 5.92 Å². The standard InChI is InChI=1S/C16H33N3O2/c1-6-7-15-17-14(12-13(2)3)16(20)19(15)9-11-21-10-8-18(4)5/h13-15,17H,6-12H2,1-5H3. The van der Waals surface area contributed by atoms with Crippen LogP contribution in [0.15, 0.2) is 0 Å². The summed E-state index contributed by atoms with van der Waals surface area (Å²) in [5, 5.41) is 3.49. The van der Waals surface area contributed by atoms with Crippen LogP contribution in [0.1, 0.15) is 40.0 Å². The molecule has 0 aliphatic carbocycles. The van der Waals surface area contributed by atoms with Gasteiger partial charge in [-0.3, -0.25) is 10.1 Å². The first-order chi connectivity index (χ1) is 9.95. The normalized spacial score (nSPS) is 22.8. The van der Waals surface area contributed by atoms with E-state index in [9.17, 15) is 4.79 Å². The molecule has 1 heterocycles. The molecule has 2 unspecified atom stereocenters. The Hall–Kier alpha value is -0.650. The summed E-state index contributed by atoms with van der Waals surface area (Å²) in [4.78, 5) is 16.6. The maximum absolute atomic E-state index is 12.5. The molecule has 1 amide bonds. The number of hydrogen-bond donors (Lipinski definition) is 1. The molecule has 0 aromatic rings. The Bertz CT molecular complexity index is 308. The fourth-order valence-electron chi connectivity index (χ4n) is 2.68. The Morgan fingerprint density at radius 2 is 2.05 bits per heavy atom. The van der Waals surface area contributed by atoms with Crippen molar-refractivity contribution in [1.82, 2.24) is 15.1 Å². The molecule has 1 aliphatic heterocycles. The average Bonchev–Trinajstić information content (AvgIpc) is 2.66. The Labute approximate surface area is 130 Å². The number of hydrogen-bond acceptors (Lipinski definition) is 4. The summed E-state index contributed by atoms with van der Waals surface area (Å²) in [6.07, 6.45) is 3.19. The summed E-state index contributed by atoms with van der Waals surface area (Å²) in [5.41, 5.74) is 0. The number of nitrogens with zero attached hydrogens (tertiary/aromatic N) is 2. The van der Waals surface area contributed by atoms with Crippen molar-refractivity contribution in [2.24, 2.45) is 5.92 Å². The van der Waals surface area contributed by atoms with Crippen molar-refractivity contribution in [3.05, 3.63) is 0 Å². The molecule has 124 valence electrons. The summed E-state index contributed by atoms with van der Waals surface area (Å²) >= 11 is 0. The Morgan fingerprint density at radius 3 is 2.62 bits per heavy atom. The van der Waals surface area contributed by atoms with E-state index in [1.54, 1.807) is 0 Å². The predicted octanol–water partition coefficient (Wildman–Crippen LogP) is 1.54. The highest BCUT2D eigenvalue weighted by Crippen LogP contribution is 2.19. The number of ether oxygens (including phenoxy) is 1. The van der Waals surface area contributed by atoms with Crippen molar-refractivity contribution in [2.45, 2.75) is 52.2 Å². The second kappa shape index (κ2) is 9.38. The maximum Gasteiger partial charge on any atom is 0.241 e. The van der Waals surface area contributed by atoms with Gasteiger partial charge in [-0.05, 0) is 32.9 Å². The second-order valence-corrected chi connectivity index (χ2v) is 6.60. The van der Waals surface area contributed by atoms with E-state index in [2.05, 4.69) is 31.0 Å². The van der Waals surface area contributed by atoms with E-state index in [-0.39, 0.29) is 18.1 Å². The molecule has 2 atom stereocenters. The number of rotatable bonds is 10. The molecule has 1 aliphatic rings. The van der Waals surface area contributed by atoms with E-state index in [0.717, 1.165) is 32.4 Å². The molecular weight excluding hydrogens is 266 g/mol. The first-order valence-electron chi connectivity index (χ1n) is 8.24. The summed E-state index contributed by atoms with van der Waals surface area (Å²) < 4.78 is 5.63. The van der Waals surface area contributed by atoms with Crippen LogP contribution in [-0.4, -0.2) is 68.3 Å². The third-order valence-corrected chi connectivity index (χ3v) is 3.78. The quantitative estimate of drug-likeness (QED) is 0.622. The number of carbonyl (C=O) groups is 1. The van der Waals surface area contributed by atoms with Crippen molar-refractivity contribution < 1.29 is 9.53 Å². The molecule has 1 rings (SSSR count). The van der Waals surface area contributed by atoms with Gasteiger partial charge in [-0.15, -0.1) is 0 Å². The van der Waals surface area contributed by atoms with Gasteiger partial charge in [0.25, 0.3) is 0 Å². The zero-order valence-electron chi connectivity index (χ0n) is 14.4. The Balaban J connectivity index is 2.42. The Kier molecular flexibility index (Phi) is 8.22. The van der Waals surface area contributed by atoms with E-state index in [4.69, 9.17) is 4.74 Å². The zero-order valence-corrected chi connectivity index (χ0v) is 14.4. The molecule has 5 heteroatoms. The van der Waals surface area contributed by atoms with E-state index in [0.29, 0.717) is 19.1 Å². The third-order valence-electron chi connectivity index (χ3n) is 3.78. The number of likely N-dealkylation sites (N-methyl/N-ethyl adjacent to an activating group) is 1. The molecule has 0 radical (unpaired) electrons.